The summed E-state index contributed by atoms with van der Waals surface area (Å²) >= 11 is 2.83. The molecule has 17 heavy (non-hydrogen) atoms. The maximum absolute atomic E-state index is 8.74. The predicted octanol–water partition coefficient (Wildman–Crippen LogP) is -0.225. The smallest absolute Gasteiger partial charge is 0.264 e. The Morgan fingerprint density at radius 2 is 1.76 bits per heavy atom. The maximum atomic E-state index is 8.74. The highest BCUT2D eigenvalue weighted by Gasteiger charge is 2.00. The highest BCUT2D eigenvalue weighted by Crippen LogP contribution is 1.94. The molecule has 0 atom stereocenters. The third-order valence-electron chi connectivity index (χ3n) is 1.68. The van der Waals surface area contributed by atoms with Crippen LogP contribution in [0.4, 0.5) is 0 Å². The fraction of sp³-hybridized carbons (Fsp3) is 0.125. The van der Waals surface area contributed by atoms with Gasteiger partial charge in [0.15, 0.2) is 12.5 Å². The van der Waals surface area contributed by atoms with Crippen LogP contribution >= 0.6 is 0 Å². The molecule has 0 spiro atoms. The van der Waals surface area contributed by atoms with Crippen LogP contribution in [0.25, 0.3) is 5.65 Å². The topological polar surface area (TPSA) is 100.0 Å². The number of aryl methyl sites for hydroxylation is 1. The molecule has 0 saturated carbocycles. The summed E-state index contributed by atoms with van der Waals surface area (Å²) in [6.45, 7) is 0. The molecule has 2 rings (SSSR count). The van der Waals surface area contributed by atoms with Crippen LogP contribution in [0, 0.1) is 0 Å². The maximum Gasteiger partial charge on any atom is 0.394 e. The first-order valence-corrected chi connectivity index (χ1v) is 5.89. The first-order chi connectivity index (χ1) is 7.88. The molecule has 2 N–H and O–H groups in total. The monoisotopic (exact) mass is 279 g/mol. The van der Waals surface area contributed by atoms with Crippen LogP contribution in [-0.2, 0) is 30.0 Å². The highest BCUT2D eigenvalue weighted by atomic mass is 32.3. The molecule has 0 aliphatic heterocycles. The lowest BCUT2D eigenvalue weighted by Crippen LogP contribution is -2.25. The molecular formula is C8H11N2O5S2+. The fourth-order valence-corrected chi connectivity index (χ4v) is 1.12. The van der Waals surface area contributed by atoms with Crippen molar-refractivity contribution in [3.05, 3.63) is 36.8 Å². The van der Waals surface area contributed by atoms with E-state index in [9.17, 15) is 0 Å². The van der Waals surface area contributed by atoms with E-state index in [-0.39, 0.29) is 0 Å². The molecule has 7 nitrogen and oxygen atoms in total. The quantitative estimate of drug-likeness (QED) is 0.510. The minimum atomic E-state index is -4.67. The Balaban J connectivity index is 0.000000315. The van der Waals surface area contributed by atoms with Gasteiger partial charge in [0.05, 0.1) is 13.2 Å². The normalized spacial score (nSPS) is 9.82. The summed E-state index contributed by atoms with van der Waals surface area (Å²) in [7, 11) is -2.63. The average molecular weight is 279 g/mol. The Morgan fingerprint density at radius 3 is 2.24 bits per heavy atom. The number of nitrogens with zero attached hydrogens (tertiary/aromatic N) is 2. The van der Waals surface area contributed by atoms with E-state index in [1.807, 2.05) is 37.8 Å². The van der Waals surface area contributed by atoms with E-state index >= 15 is 0 Å². The Hall–Kier alpha value is -1.42. The molecule has 94 valence electrons. The summed E-state index contributed by atoms with van der Waals surface area (Å²) in [6, 6.07) is 6.14. The Labute approximate surface area is 103 Å². The van der Waals surface area contributed by atoms with E-state index in [0.29, 0.717) is 0 Å². The van der Waals surface area contributed by atoms with Crippen molar-refractivity contribution in [3.8, 4) is 0 Å². The van der Waals surface area contributed by atoms with Crippen molar-refractivity contribution in [2.45, 2.75) is 0 Å². The molecule has 0 fully saturated rings. The van der Waals surface area contributed by atoms with Gasteiger partial charge < -0.3 is 0 Å². The lowest BCUT2D eigenvalue weighted by molar-refractivity contribution is -0.644. The first-order valence-electron chi connectivity index (χ1n) is 4.16. The van der Waals surface area contributed by atoms with E-state index < -0.39 is 10.4 Å². The number of imidazole rings is 1. The molecule has 0 aliphatic rings. The van der Waals surface area contributed by atoms with E-state index in [2.05, 4.69) is 27.6 Å². The van der Waals surface area contributed by atoms with E-state index in [0.717, 1.165) is 0 Å². The fourth-order valence-electron chi connectivity index (χ4n) is 1.12. The van der Waals surface area contributed by atoms with Crippen molar-refractivity contribution in [2.75, 3.05) is 0 Å². The minimum Gasteiger partial charge on any atom is -0.264 e. The lowest BCUT2D eigenvalue weighted by Gasteiger charge is -1.84. The van der Waals surface area contributed by atoms with Crippen molar-refractivity contribution >= 4 is 28.6 Å². The average Bonchev–Trinajstić information content (AvgIpc) is 2.62. The summed E-state index contributed by atoms with van der Waals surface area (Å²) in [5, 5.41) is 0. The predicted molar refractivity (Wildman–Crippen MR) is 60.9 cm³/mol. The Morgan fingerprint density at radius 1 is 1.24 bits per heavy atom. The summed E-state index contributed by atoms with van der Waals surface area (Å²) in [5.74, 6) is 0. The molecule has 0 unspecified atom stereocenters. The molecule has 2 aromatic rings. The molecule has 0 aliphatic carbocycles. The standard InChI is InChI=1S/C8H9N2.H2O4S.OS/c1-9-6-7-10-5-3-2-4-8(9)10;1-5(2,3)4;1-2/h2-7H,1H3;(H2,1,2,3,4);/q+1;;. The van der Waals surface area contributed by atoms with E-state index in [4.69, 9.17) is 21.7 Å². The van der Waals surface area contributed by atoms with Gasteiger partial charge in [-0.05, 0) is 6.07 Å². The van der Waals surface area contributed by atoms with Gasteiger partial charge in [0.2, 0.25) is 0 Å². The summed E-state index contributed by atoms with van der Waals surface area (Å²) < 4.78 is 43.6. The number of hydrogen-bond acceptors (Lipinski definition) is 4. The number of fused-ring (bicyclic) bond motifs is 1. The first kappa shape index (κ1) is 15.6. The van der Waals surface area contributed by atoms with Crippen LogP contribution in [-0.4, -0.2) is 26.1 Å². The minimum absolute atomic E-state index is 1.21. The van der Waals surface area contributed by atoms with Crippen LogP contribution in [0.1, 0.15) is 0 Å². The zero-order chi connectivity index (χ0) is 13.5. The lowest BCUT2D eigenvalue weighted by atomic mass is 10.5. The van der Waals surface area contributed by atoms with Gasteiger partial charge in [-0.25, -0.2) is 8.97 Å². The van der Waals surface area contributed by atoms with Crippen molar-refractivity contribution in [2.24, 2.45) is 7.05 Å². The van der Waals surface area contributed by atoms with Crippen LogP contribution in [0.15, 0.2) is 36.8 Å². The van der Waals surface area contributed by atoms with Crippen molar-refractivity contribution in [1.82, 2.24) is 4.40 Å². The van der Waals surface area contributed by atoms with Gasteiger partial charge in [-0.1, -0.05) is 6.07 Å². The zero-order valence-corrected chi connectivity index (χ0v) is 10.4. The molecule has 2 heterocycles. The van der Waals surface area contributed by atoms with Gasteiger partial charge >= 0.3 is 10.4 Å². The van der Waals surface area contributed by atoms with Crippen molar-refractivity contribution in [3.63, 3.8) is 0 Å². The number of pyridine rings is 1. The van der Waals surface area contributed by atoms with E-state index in [1.54, 1.807) is 0 Å². The molecule has 9 heteroatoms. The molecule has 0 bridgehead atoms. The largest absolute Gasteiger partial charge is 0.394 e. The second kappa shape index (κ2) is 7.01. The molecule has 2 aromatic heterocycles. The van der Waals surface area contributed by atoms with Gasteiger partial charge in [0, 0.05) is 6.07 Å². The second-order valence-corrected chi connectivity index (χ2v) is 3.72. The van der Waals surface area contributed by atoms with E-state index in [1.165, 1.54) is 5.65 Å². The third-order valence-corrected chi connectivity index (χ3v) is 1.68. The number of rotatable bonds is 0. The summed E-state index contributed by atoms with van der Waals surface area (Å²) in [5.41, 5.74) is 1.21. The van der Waals surface area contributed by atoms with Crippen molar-refractivity contribution < 1.29 is 26.3 Å². The second-order valence-electron chi connectivity index (χ2n) is 2.82. The van der Waals surface area contributed by atoms with Gasteiger partial charge in [-0.2, -0.15) is 12.6 Å². The van der Waals surface area contributed by atoms with Crippen LogP contribution < -0.4 is 4.57 Å². The van der Waals surface area contributed by atoms with Crippen LogP contribution in [0.3, 0.4) is 0 Å². The Kier molecular flexibility index (Phi) is 6.43. The molecular weight excluding hydrogens is 268 g/mol. The summed E-state index contributed by atoms with van der Waals surface area (Å²) in [6.07, 6.45) is 6.11. The number of aromatic nitrogens is 2. The molecule has 0 radical (unpaired) electrons. The molecule has 0 amide bonds. The van der Waals surface area contributed by atoms with Gasteiger partial charge in [0.1, 0.15) is 12.4 Å². The van der Waals surface area contributed by atoms with Crippen LogP contribution in [0.5, 0.6) is 0 Å². The third kappa shape index (κ3) is 6.68. The number of hydrogen-bond donors (Lipinski definition) is 2. The van der Waals surface area contributed by atoms with Gasteiger partial charge in [-0.3, -0.25) is 9.11 Å². The van der Waals surface area contributed by atoms with Gasteiger partial charge in [-0.15, -0.1) is 0 Å². The highest BCUT2D eigenvalue weighted by molar-refractivity contribution is 7.79. The summed E-state index contributed by atoms with van der Waals surface area (Å²) in [4.78, 5) is 0. The zero-order valence-electron chi connectivity index (χ0n) is 8.79. The SMILES string of the molecule is C[n+]1ccn2ccccc21.O=S.O=S(=O)(O)O. The molecule has 0 saturated heterocycles. The van der Waals surface area contributed by atoms with Crippen LogP contribution in [0.2, 0.25) is 0 Å². The molecule has 0 aromatic carbocycles. The Bertz CT molecular complexity index is 558. The van der Waals surface area contributed by atoms with Crippen molar-refractivity contribution in [1.29, 1.82) is 0 Å². The van der Waals surface area contributed by atoms with Gasteiger partial charge in [0.25, 0.3) is 5.65 Å².